The molecular weight excluding hydrogens is 552 g/mol. The molecule has 3 N–H and O–H groups in total. The van der Waals surface area contributed by atoms with Crippen LogP contribution in [-0.2, 0) is 30.7 Å². The van der Waals surface area contributed by atoms with E-state index in [2.05, 4.69) is 41.1 Å². The summed E-state index contributed by atoms with van der Waals surface area (Å²) in [7, 11) is 0. The molecule has 1 heterocycles. The Morgan fingerprint density at radius 3 is 2.17 bits per heavy atom. The molecule has 42 heavy (non-hydrogen) atoms. The second-order valence-electron chi connectivity index (χ2n) is 9.80. The third kappa shape index (κ3) is 6.79. The normalized spacial score (nSPS) is 11.7. The molecule has 1 unspecified atom stereocenters. The fourth-order valence-electron chi connectivity index (χ4n) is 4.92. The molecule has 9 nitrogen and oxygen atoms in total. The first-order valence-corrected chi connectivity index (χ1v) is 14.9. The zero-order chi connectivity index (χ0) is 30.2. The number of hydrogen-bond acceptors (Lipinski definition) is 4. The quantitative estimate of drug-likeness (QED) is 0.170. The van der Waals surface area contributed by atoms with Crippen LogP contribution in [0.5, 0.6) is 5.75 Å². The lowest BCUT2D eigenvalue weighted by Gasteiger charge is -2.20. The molecule has 0 aliphatic carbocycles. The van der Waals surface area contributed by atoms with Crippen LogP contribution in [0.15, 0.2) is 65.8 Å². The number of rotatable bonds is 11. The van der Waals surface area contributed by atoms with Crippen LogP contribution in [0.25, 0.3) is 11.0 Å². The maximum absolute atomic E-state index is 13.2. The molecule has 222 valence electrons. The Hall–Kier alpha value is -4.24. The van der Waals surface area contributed by atoms with Crippen molar-refractivity contribution in [3.63, 3.8) is 0 Å². The lowest BCUT2D eigenvalue weighted by atomic mass is 10.1. The highest BCUT2D eigenvalue weighted by Crippen LogP contribution is 2.27. The van der Waals surface area contributed by atoms with E-state index in [0.29, 0.717) is 47.3 Å². The predicted molar refractivity (Wildman–Crippen MR) is 169 cm³/mol. The molecule has 0 fully saturated rings. The summed E-state index contributed by atoms with van der Waals surface area (Å²) in [6.07, 6.45) is 1.54. The molecule has 0 aliphatic heterocycles. The Balaban J connectivity index is 1.48. The van der Waals surface area contributed by atoms with Gasteiger partial charge in [0.15, 0.2) is 6.10 Å². The number of nitrogens with one attached hydrogen (secondary N) is 3. The summed E-state index contributed by atoms with van der Waals surface area (Å²) in [5.41, 5.74) is 8.39. The maximum atomic E-state index is 13.2. The van der Waals surface area contributed by atoms with Crippen molar-refractivity contribution in [3.05, 3.63) is 82.4 Å². The van der Waals surface area contributed by atoms with E-state index < -0.39 is 12.1 Å². The Morgan fingerprint density at radius 2 is 1.57 bits per heavy atom. The minimum atomic E-state index is -0.687. The van der Waals surface area contributed by atoms with Crippen molar-refractivity contribution in [2.24, 2.45) is 5.10 Å². The molecule has 4 rings (SSSR count). The van der Waals surface area contributed by atoms with Crippen LogP contribution >= 0.6 is 11.6 Å². The molecule has 0 saturated heterocycles. The number of urea groups is 1. The first kappa shape index (κ1) is 30.7. The second kappa shape index (κ2) is 14.1. The Morgan fingerprint density at radius 1 is 0.881 bits per heavy atom. The summed E-state index contributed by atoms with van der Waals surface area (Å²) in [5, 5.41) is 10.4. The van der Waals surface area contributed by atoms with Gasteiger partial charge >= 0.3 is 6.03 Å². The number of nitrogens with zero attached hydrogens (tertiary/aromatic N) is 3. The van der Waals surface area contributed by atoms with Gasteiger partial charge in [-0.05, 0) is 80.6 Å². The highest BCUT2D eigenvalue weighted by atomic mass is 35.5. The molecule has 0 radical (unpaired) electrons. The van der Waals surface area contributed by atoms with Crippen LogP contribution < -0.4 is 26.4 Å². The molecule has 3 aromatic carbocycles. The van der Waals surface area contributed by atoms with Gasteiger partial charge in [0.05, 0.1) is 21.7 Å². The van der Waals surface area contributed by atoms with E-state index in [4.69, 9.17) is 16.3 Å². The zero-order valence-corrected chi connectivity index (χ0v) is 25.6. The molecule has 0 spiro atoms. The molecule has 1 atom stereocenters. The van der Waals surface area contributed by atoms with Gasteiger partial charge in [0.1, 0.15) is 5.75 Å². The van der Waals surface area contributed by atoms with Gasteiger partial charge in [-0.2, -0.15) is 0 Å². The van der Waals surface area contributed by atoms with Crippen molar-refractivity contribution in [1.29, 1.82) is 0 Å². The van der Waals surface area contributed by atoms with Crippen molar-refractivity contribution in [3.8, 4) is 5.75 Å². The minimum Gasteiger partial charge on any atom is -0.480 e. The maximum Gasteiger partial charge on any atom is 0.339 e. The number of para-hydroxylation sites is 2. The van der Waals surface area contributed by atoms with Gasteiger partial charge in [-0.1, -0.05) is 56.6 Å². The summed E-state index contributed by atoms with van der Waals surface area (Å²) in [4.78, 5) is 26.0. The zero-order valence-electron chi connectivity index (χ0n) is 24.8. The van der Waals surface area contributed by atoms with E-state index in [1.165, 1.54) is 5.56 Å². The monoisotopic (exact) mass is 590 g/mol. The molecule has 0 saturated carbocycles. The first-order chi connectivity index (χ1) is 20.3. The van der Waals surface area contributed by atoms with Gasteiger partial charge in [0, 0.05) is 18.8 Å². The molecule has 0 aliphatic rings. The number of carbonyl (C=O) groups is 2. The SMILES string of the molecule is CCc1ccc(OC(CC)C(=O)Nc2ccc(Cl)c(NC(=O)NN=c3n(CC)c4ccccc4n3CC)c2)c(CC)c1. The van der Waals surface area contributed by atoms with Gasteiger partial charge in [-0.25, -0.2) is 10.2 Å². The topological polar surface area (TPSA) is 102 Å². The molecule has 3 amide bonds. The number of halogens is 1. The van der Waals surface area contributed by atoms with Crippen LogP contribution in [0.4, 0.5) is 16.2 Å². The highest BCUT2D eigenvalue weighted by Gasteiger charge is 2.20. The van der Waals surface area contributed by atoms with E-state index in [1.807, 2.05) is 66.3 Å². The van der Waals surface area contributed by atoms with Gasteiger partial charge < -0.3 is 24.5 Å². The number of fused-ring (bicyclic) bond motifs is 1. The number of aromatic nitrogens is 2. The van der Waals surface area contributed by atoms with Crippen LogP contribution in [-0.4, -0.2) is 27.2 Å². The number of amides is 3. The van der Waals surface area contributed by atoms with E-state index in [1.54, 1.807) is 18.2 Å². The van der Waals surface area contributed by atoms with Crippen LogP contribution in [0.2, 0.25) is 5.02 Å². The average molecular weight is 591 g/mol. The summed E-state index contributed by atoms with van der Waals surface area (Å²) >= 11 is 6.38. The number of anilines is 2. The lowest BCUT2D eigenvalue weighted by molar-refractivity contribution is -0.122. The summed E-state index contributed by atoms with van der Waals surface area (Å²) in [6.45, 7) is 11.5. The molecule has 1 aromatic heterocycles. The Bertz CT molecular complexity index is 1600. The van der Waals surface area contributed by atoms with Crippen molar-refractivity contribution < 1.29 is 14.3 Å². The average Bonchev–Trinajstić information content (AvgIpc) is 3.32. The van der Waals surface area contributed by atoms with Gasteiger partial charge in [0.25, 0.3) is 5.91 Å². The highest BCUT2D eigenvalue weighted by molar-refractivity contribution is 6.33. The van der Waals surface area contributed by atoms with Crippen LogP contribution in [0.3, 0.4) is 0 Å². The largest absolute Gasteiger partial charge is 0.480 e. The third-order valence-corrected chi connectivity index (χ3v) is 7.49. The molecule has 4 aromatic rings. The third-order valence-electron chi connectivity index (χ3n) is 7.16. The number of ether oxygens (including phenoxy) is 1. The van der Waals surface area contributed by atoms with Gasteiger partial charge in [0.2, 0.25) is 5.62 Å². The number of hydrogen-bond donors (Lipinski definition) is 3. The first-order valence-electron chi connectivity index (χ1n) is 14.5. The standard InChI is InChI=1S/C32H39ClN6O3/c1-6-21-15-18-29(22(7-2)19-21)42-28(8-3)30(40)34-23-16-17-24(33)25(20-23)35-31(41)36-37-32-38(9-4)26-13-11-12-14-27(26)39(32)10-5/h11-20,28H,6-10H2,1-5H3,(H,34,40)(H2,35,36,41). The van der Waals surface area contributed by atoms with E-state index in [0.717, 1.165) is 29.4 Å². The van der Waals surface area contributed by atoms with Gasteiger partial charge in [-0.3, -0.25) is 4.79 Å². The van der Waals surface area contributed by atoms with Gasteiger partial charge in [-0.15, -0.1) is 5.10 Å². The van der Waals surface area contributed by atoms with E-state index in [-0.39, 0.29) is 5.91 Å². The second-order valence-corrected chi connectivity index (χ2v) is 10.2. The number of aryl methyl sites for hydroxylation is 4. The van der Waals surface area contributed by atoms with Crippen LogP contribution in [0, 0.1) is 0 Å². The summed E-state index contributed by atoms with van der Waals surface area (Å²) in [6, 6.07) is 18.4. The van der Waals surface area contributed by atoms with Crippen molar-refractivity contribution in [2.45, 2.75) is 73.1 Å². The summed E-state index contributed by atoms with van der Waals surface area (Å²) in [5.74, 6) is 0.422. The lowest BCUT2D eigenvalue weighted by Crippen LogP contribution is -2.33. The molecular formula is C32H39ClN6O3. The minimum absolute atomic E-state index is 0.289. The molecule has 10 heteroatoms. The Kier molecular flexibility index (Phi) is 10.3. The fraction of sp³-hybridized carbons (Fsp3) is 0.344. The fourth-order valence-corrected chi connectivity index (χ4v) is 5.08. The Labute approximate surface area is 251 Å². The molecule has 0 bridgehead atoms. The predicted octanol–water partition coefficient (Wildman–Crippen LogP) is 6.69. The smallest absolute Gasteiger partial charge is 0.339 e. The number of carbonyl (C=O) groups excluding carboxylic acids is 2. The van der Waals surface area contributed by atoms with Crippen molar-refractivity contribution >= 4 is 45.9 Å². The van der Waals surface area contributed by atoms with Crippen molar-refractivity contribution in [1.82, 2.24) is 14.6 Å². The van der Waals surface area contributed by atoms with E-state index >= 15 is 0 Å². The van der Waals surface area contributed by atoms with Crippen LogP contribution in [0.1, 0.15) is 52.2 Å². The van der Waals surface area contributed by atoms with E-state index in [9.17, 15) is 9.59 Å². The number of benzene rings is 3. The van der Waals surface area contributed by atoms with Crippen molar-refractivity contribution in [2.75, 3.05) is 10.6 Å². The number of imidazole rings is 1. The summed E-state index contributed by atoms with van der Waals surface area (Å²) < 4.78 is 10.2.